The molecule has 0 aromatic heterocycles. The van der Waals surface area contributed by atoms with Crippen LogP contribution in [0.5, 0.6) is 0 Å². The topological polar surface area (TPSA) is 80.7 Å². The summed E-state index contributed by atoms with van der Waals surface area (Å²) in [7, 11) is 0. The first-order chi connectivity index (χ1) is 8.06. The lowest BCUT2D eigenvalue weighted by Crippen LogP contribution is -2.07. The molecule has 0 fully saturated rings. The molecule has 0 aliphatic carbocycles. The molecule has 0 spiro atoms. The number of unbranched alkanes of at least 4 members (excludes halogenated alkanes) is 1. The van der Waals surface area contributed by atoms with Crippen LogP contribution in [-0.4, -0.2) is 29.4 Å². The van der Waals surface area contributed by atoms with E-state index in [2.05, 4.69) is 6.58 Å². The van der Waals surface area contributed by atoms with Crippen LogP contribution in [0.15, 0.2) is 12.7 Å². The number of hydrogen-bond donors (Lipinski definition) is 1. The third-order valence-electron chi connectivity index (χ3n) is 2.08. The van der Waals surface area contributed by atoms with Crippen molar-refractivity contribution in [1.82, 2.24) is 0 Å². The molecule has 0 aromatic carbocycles. The second kappa shape index (κ2) is 9.57. The number of carbonyl (C=O) groups is 3. The molecule has 0 amide bonds. The highest BCUT2D eigenvalue weighted by atomic mass is 16.5. The fraction of sp³-hybridized carbons (Fsp3) is 0.583. The van der Waals surface area contributed by atoms with Crippen molar-refractivity contribution in [2.75, 3.05) is 6.61 Å². The number of ketones is 1. The van der Waals surface area contributed by atoms with Crippen LogP contribution < -0.4 is 0 Å². The Kier molecular flexibility index (Phi) is 8.64. The van der Waals surface area contributed by atoms with Crippen molar-refractivity contribution in [1.29, 1.82) is 0 Å². The quantitative estimate of drug-likeness (QED) is 0.358. The van der Waals surface area contributed by atoms with Crippen molar-refractivity contribution in [2.24, 2.45) is 0 Å². The van der Waals surface area contributed by atoms with Crippen molar-refractivity contribution in [3.63, 3.8) is 0 Å². The molecule has 0 atom stereocenters. The summed E-state index contributed by atoms with van der Waals surface area (Å²) in [5, 5.41) is 8.37. The van der Waals surface area contributed by atoms with Gasteiger partial charge in [0.05, 0.1) is 6.61 Å². The highest BCUT2D eigenvalue weighted by Crippen LogP contribution is 2.02. The van der Waals surface area contributed by atoms with Gasteiger partial charge >= 0.3 is 11.9 Å². The largest absolute Gasteiger partial charge is 0.481 e. The third-order valence-corrected chi connectivity index (χ3v) is 2.08. The maximum Gasteiger partial charge on any atom is 0.305 e. The number of allylic oxidation sites excluding steroid dienone is 1. The van der Waals surface area contributed by atoms with Gasteiger partial charge in [-0.3, -0.25) is 14.4 Å². The second-order valence-electron chi connectivity index (χ2n) is 3.60. The van der Waals surface area contributed by atoms with Crippen molar-refractivity contribution >= 4 is 17.7 Å². The summed E-state index contributed by atoms with van der Waals surface area (Å²) in [6.07, 6.45) is 3.34. The third kappa shape index (κ3) is 10.6. The molecule has 0 rings (SSSR count). The Bertz CT molecular complexity index is 283. The Labute approximate surface area is 100 Å². The molecule has 96 valence electrons. The summed E-state index contributed by atoms with van der Waals surface area (Å²) in [6, 6.07) is 0. The van der Waals surface area contributed by atoms with Gasteiger partial charge in [0.15, 0.2) is 5.78 Å². The predicted molar refractivity (Wildman–Crippen MR) is 61.5 cm³/mol. The monoisotopic (exact) mass is 242 g/mol. The van der Waals surface area contributed by atoms with E-state index in [1.165, 1.54) is 6.08 Å². The molecule has 1 N–H and O–H groups in total. The highest BCUT2D eigenvalue weighted by molar-refractivity contribution is 5.88. The molecular formula is C12H18O5. The zero-order valence-electron chi connectivity index (χ0n) is 9.81. The summed E-state index contributed by atoms with van der Waals surface area (Å²) in [6.45, 7) is 3.55. The Morgan fingerprint density at radius 2 is 1.71 bits per heavy atom. The Morgan fingerprint density at radius 1 is 1.06 bits per heavy atom. The fourth-order valence-electron chi connectivity index (χ4n) is 1.15. The van der Waals surface area contributed by atoms with Gasteiger partial charge in [0.2, 0.25) is 0 Å². The number of ether oxygens (including phenoxy) is 1. The van der Waals surface area contributed by atoms with Crippen LogP contribution in [0.1, 0.15) is 38.5 Å². The van der Waals surface area contributed by atoms with E-state index in [0.717, 1.165) is 0 Å². The zero-order chi connectivity index (χ0) is 13.1. The van der Waals surface area contributed by atoms with Gasteiger partial charge in [0.1, 0.15) is 0 Å². The second-order valence-corrected chi connectivity index (χ2v) is 3.60. The van der Waals surface area contributed by atoms with E-state index in [-0.39, 0.29) is 31.2 Å². The smallest absolute Gasteiger partial charge is 0.305 e. The molecule has 0 unspecified atom stereocenters. The van der Waals surface area contributed by atoms with Gasteiger partial charge in [-0.05, 0) is 25.3 Å². The molecule has 0 aliphatic rings. The van der Waals surface area contributed by atoms with Crippen molar-refractivity contribution in [3.05, 3.63) is 12.7 Å². The number of rotatable bonds is 10. The van der Waals surface area contributed by atoms with Gasteiger partial charge in [-0.15, -0.1) is 0 Å². The van der Waals surface area contributed by atoms with Crippen molar-refractivity contribution in [2.45, 2.75) is 38.5 Å². The number of carbonyl (C=O) groups excluding carboxylic acids is 2. The highest BCUT2D eigenvalue weighted by Gasteiger charge is 2.04. The van der Waals surface area contributed by atoms with Crippen LogP contribution in [0.2, 0.25) is 0 Å². The first kappa shape index (κ1) is 15.3. The van der Waals surface area contributed by atoms with Crippen LogP contribution in [0.25, 0.3) is 0 Å². The Morgan fingerprint density at radius 3 is 2.29 bits per heavy atom. The van der Waals surface area contributed by atoms with Crippen LogP contribution in [0.3, 0.4) is 0 Å². The lowest BCUT2D eigenvalue weighted by Gasteiger charge is -2.03. The summed E-state index contributed by atoms with van der Waals surface area (Å²) < 4.78 is 4.87. The zero-order valence-corrected chi connectivity index (χ0v) is 9.81. The molecule has 0 radical (unpaired) electrons. The minimum absolute atomic E-state index is 0.0671. The molecule has 0 saturated heterocycles. The van der Waals surface area contributed by atoms with Gasteiger partial charge in [0, 0.05) is 19.3 Å². The molecule has 5 nitrogen and oxygen atoms in total. The van der Waals surface area contributed by atoms with E-state index in [1.807, 2.05) is 0 Å². The molecule has 0 aromatic rings. The average Bonchev–Trinajstić information content (AvgIpc) is 2.29. The van der Waals surface area contributed by atoms with Crippen molar-refractivity contribution < 1.29 is 24.2 Å². The summed E-state index contributed by atoms with van der Waals surface area (Å²) in [4.78, 5) is 32.1. The maximum absolute atomic E-state index is 11.1. The van der Waals surface area contributed by atoms with Gasteiger partial charge in [-0.1, -0.05) is 6.58 Å². The van der Waals surface area contributed by atoms with E-state index in [0.29, 0.717) is 25.7 Å². The van der Waals surface area contributed by atoms with E-state index in [9.17, 15) is 14.4 Å². The summed E-state index contributed by atoms with van der Waals surface area (Å²) in [5.41, 5.74) is 0. The van der Waals surface area contributed by atoms with Gasteiger partial charge in [-0.25, -0.2) is 0 Å². The number of esters is 1. The SMILES string of the molecule is C=CC(=O)CCCOC(=O)CCCCC(=O)O. The van der Waals surface area contributed by atoms with Crippen molar-refractivity contribution in [3.8, 4) is 0 Å². The lowest BCUT2D eigenvalue weighted by molar-refractivity contribution is -0.144. The fourth-order valence-corrected chi connectivity index (χ4v) is 1.15. The first-order valence-electron chi connectivity index (χ1n) is 5.59. The summed E-state index contributed by atoms with van der Waals surface area (Å²) in [5.74, 6) is -1.27. The average molecular weight is 242 g/mol. The lowest BCUT2D eigenvalue weighted by atomic mass is 10.2. The van der Waals surface area contributed by atoms with Gasteiger partial charge in [-0.2, -0.15) is 0 Å². The number of carboxylic acid groups (broad SMARTS) is 1. The van der Waals surface area contributed by atoms with Crippen LogP contribution in [-0.2, 0) is 19.1 Å². The van der Waals surface area contributed by atoms with E-state index < -0.39 is 5.97 Å². The first-order valence-corrected chi connectivity index (χ1v) is 5.59. The van der Waals surface area contributed by atoms with E-state index in [4.69, 9.17) is 9.84 Å². The minimum Gasteiger partial charge on any atom is -0.481 e. The Hall–Kier alpha value is -1.65. The van der Waals surface area contributed by atoms with Gasteiger partial charge in [0.25, 0.3) is 0 Å². The van der Waals surface area contributed by atoms with Crippen LogP contribution in [0.4, 0.5) is 0 Å². The summed E-state index contributed by atoms with van der Waals surface area (Å²) >= 11 is 0. The maximum atomic E-state index is 11.1. The van der Waals surface area contributed by atoms with E-state index in [1.54, 1.807) is 0 Å². The van der Waals surface area contributed by atoms with E-state index >= 15 is 0 Å². The molecule has 0 heterocycles. The van der Waals surface area contributed by atoms with Gasteiger partial charge < -0.3 is 9.84 Å². The molecule has 0 bridgehead atoms. The minimum atomic E-state index is -0.860. The predicted octanol–water partition coefficient (Wildman–Crippen LogP) is 1.71. The molecule has 0 saturated carbocycles. The number of aliphatic carboxylic acids is 1. The standard InChI is InChI=1S/C12H18O5/c1-2-10(13)6-5-9-17-12(16)8-4-3-7-11(14)15/h2H,1,3-9H2,(H,14,15). The molecular weight excluding hydrogens is 224 g/mol. The molecule has 17 heavy (non-hydrogen) atoms. The molecule has 0 aliphatic heterocycles. The Balaban J connectivity index is 3.37. The van der Waals surface area contributed by atoms with Crippen LogP contribution >= 0.6 is 0 Å². The number of hydrogen-bond acceptors (Lipinski definition) is 4. The molecule has 5 heteroatoms. The number of carboxylic acids is 1. The van der Waals surface area contributed by atoms with Crippen LogP contribution in [0, 0.1) is 0 Å². The normalized spacial score (nSPS) is 9.65.